The fourth-order valence-corrected chi connectivity index (χ4v) is 5.21. The van der Waals surface area contributed by atoms with Crippen molar-refractivity contribution in [3.8, 4) is 22.3 Å². The van der Waals surface area contributed by atoms with Gasteiger partial charge in [-0.3, -0.25) is 9.48 Å². The van der Waals surface area contributed by atoms with Gasteiger partial charge in [0.25, 0.3) is 5.56 Å². The van der Waals surface area contributed by atoms with Crippen LogP contribution in [-0.2, 0) is 28.7 Å². The van der Waals surface area contributed by atoms with Crippen LogP contribution in [0, 0.1) is 0 Å². The molecule has 172 valence electrons. The predicted octanol–water partition coefficient (Wildman–Crippen LogP) is 2.36. The molecule has 0 saturated heterocycles. The maximum atomic E-state index is 13.2. The lowest BCUT2D eigenvalue weighted by molar-refractivity contribution is 0.157. The van der Waals surface area contributed by atoms with Gasteiger partial charge in [-0.15, -0.1) is 0 Å². The molecule has 2 aromatic heterocycles. The van der Waals surface area contributed by atoms with Crippen LogP contribution in [0.2, 0.25) is 0 Å². The molecular formula is C24H26N4O4S. The fourth-order valence-electron chi connectivity index (χ4n) is 3.85. The zero-order valence-electron chi connectivity index (χ0n) is 18.6. The first kappa shape index (κ1) is 22.9. The van der Waals surface area contributed by atoms with Crippen LogP contribution in [0.5, 0.6) is 0 Å². The second-order valence-electron chi connectivity index (χ2n) is 7.84. The van der Waals surface area contributed by atoms with Crippen LogP contribution in [0.15, 0.2) is 70.7 Å². The SMILES string of the molecule is Cn1cc(-c2ccc3c(=O)n(C)cc(-c4ccccc4S(=O)(=O)CCOCCN)c3c2)cn1. The van der Waals surface area contributed by atoms with Gasteiger partial charge in [-0.25, -0.2) is 8.42 Å². The number of aromatic nitrogens is 3. The molecule has 2 heterocycles. The zero-order valence-corrected chi connectivity index (χ0v) is 19.4. The lowest BCUT2D eigenvalue weighted by atomic mass is 9.97. The summed E-state index contributed by atoms with van der Waals surface area (Å²) in [7, 11) is -0.135. The quantitative estimate of drug-likeness (QED) is 0.399. The number of nitrogens with two attached hydrogens (primary N) is 1. The number of fused-ring (bicyclic) bond motifs is 1. The second-order valence-corrected chi connectivity index (χ2v) is 9.92. The van der Waals surface area contributed by atoms with E-state index < -0.39 is 9.84 Å². The molecule has 0 radical (unpaired) electrons. The Bertz CT molecular complexity index is 1470. The molecule has 4 rings (SSSR count). The van der Waals surface area contributed by atoms with Crippen LogP contribution in [0.1, 0.15) is 0 Å². The van der Waals surface area contributed by atoms with Crippen LogP contribution in [-0.4, -0.2) is 48.3 Å². The molecule has 0 amide bonds. The highest BCUT2D eigenvalue weighted by atomic mass is 32.2. The van der Waals surface area contributed by atoms with E-state index >= 15 is 0 Å². The highest BCUT2D eigenvalue weighted by molar-refractivity contribution is 7.91. The normalized spacial score (nSPS) is 11.8. The van der Waals surface area contributed by atoms with Gasteiger partial charge in [0, 0.05) is 55.1 Å². The van der Waals surface area contributed by atoms with Gasteiger partial charge in [0.05, 0.1) is 30.1 Å². The van der Waals surface area contributed by atoms with Crippen molar-refractivity contribution in [2.45, 2.75) is 4.90 Å². The maximum Gasteiger partial charge on any atom is 0.258 e. The molecule has 2 aromatic carbocycles. The first-order valence-corrected chi connectivity index (χ1v) is 12.2. The van der Waals surface area contributed by atoms with Crippen molar-refractivity contribution >= 4 is 20.6 Å². The first-order valence-electron chi connectivity index (χ1n) is 10.5. The van der Waals surface area contributed by atoms with E-state index in [1.165, 1.54) is 4.57 Å². The molecule has 4 aromatic rings. The number of pyridine rings is 1. The van der Waals surface area contributed by atoms with E-state index in [1.54, 1.807) is 54.5 Å². The molecule has 8 nitrogen and oxygen atoms in total. The number of hydrogen-bond donors (Lipinski definition) is 1. The Morgan fingerprint density at radius 1 is 0.970 bits per heavy atom. The number of benzene rings is 2. The highest BCUT2D eigenvalue weighted by Gasteiger charge is 2.21. The Labute approximate surface area is 192 Å². The van der Waals surface area contributed by atoms with E-state index in [4.69, 9.17) is 10.5 Å². The van der Waals surface area contributed by atoms with Crippen molar-refractivity contribution in [3.05, 3.63) is 71.4 Å². The maximum absolute atomic E-state index is 13.2. The number of sulfone groups is 1. The van der Waals surface area contributed by atoms with Crippen molar-refractivity contribution in [2.24, 2.45) is 19.8 Å². The molecule has 0 fully saturated rings. The van der Waals surface area contributed by atoms with Gasteiger partial charge in [0.1, 0.15) is 0 Å². The smallest absolute Gasteiger partial charge is 0.258 e. The largest absolute Gasteiger partial charge is 0.379 e. The Kier molecular flexibility index (Phi) is 6.46. The summed E-state index contributed by atoms with van der Waals surface area (Å²) in [5, 5.41) is 5.42. The minimum atomic E-state index is -3.64. The summed E-state index contributed by atoms with van der Waals surface area (Å²) < 4.78 is 34.8. The van der Waals surface area contributed by atoms with E-state index in [0.717, 1.165) is 11.1 Å². The zero-order chi connectivity index (χ0) is 23.6. The molecule has 33 heavy (non-hydrogen) atoms. The summed E-state index contributed by atoms with van der Waals surface area (Å²) in [5.74, 6) is -0.158. The first-order chi connectivity index (χ1) is 15.8. The molecule has 0 aliphatic rings. The Morgan fingerprint density at radius 3 is 2.48 bits per heavy atom. The molecule has 0 bridgehead atoms. The standard InChI is InChI=1S/C24H26N4O4S/c1-27-16-22(19-5-3-4-6-23(19)33(30,31)12-11-32-10-9-25)21-13-17(7-8-20(21)24(27)29)18-14-26-28(2)15-18/h3-8,13-16H,9-12,25H2,1-2H3. The van der Waals surface area contributed by atoms with Crippen LogP contribution in [0.25, 0.3) is 33.0 Å². The molecule has 0 saturated carbocycles. The van der Waals surface area contributed by atoms with E-state index in [2.05, 4.69) is 5.10 Å². The summed E-state index contributed by atoms with van der Waals surface area (Å²) >= 11 is 0. The number of hydrogen-bond acceptors (Lipinski definition) is 6. The molecule has 0 unspecified atom stereocenters. The Morgan fingerprint density at radius 2 is 1.76 bits per heavy atom. The second kappa shape index (κ2) is 9.30. The lowest BCUT2D eigenvalue weighted by Gasteiger charge is -2.15. The monoisotopic (exact) mass is 466 g/mol. The van der Waals surface area contributed by atoms with Crippen LogP contribution < -0.4 is 11.3 Å². The van der Waals surface area contributed by atoms with Gasteiger partial charge in [0.2, 0.25) is 0 Å². The van der Waals surface area contributed by atoms with Crippen LogP contribution in [0.4, 0.5) is 0 Å². The molecule has 9 heteroatoms. The lowest BCUT2D eigenvalue weighted by Crippen LogP contribution is -2.18. The third kappa shape index (κ3) is 4.61. The summed E-state index contributed by atoms with van der Waals surface area (Å²) in [6.45, 7) is 0.701. The average molecular weight is 467 g/mol. The van der Waals surface area contributed by atoms with Crippen molar-refractivity contribution < 1.29 is 13.2 Å². The van der Waals surface area contributed by atoms with E-state index in [-0.39, 0.29) is 22.8 Å². The molecule has 0 atom stereocenters. The number of ether oxygens (including phenoxy) is 1. The molecular weight excluding hydrogens is 440 g/mol. The molecule has 2 N–H and O–H groups in total. The average Bonchev–Trinajstić information content (AvgIpc) is 3.25. The summed E-state index contributed by atoms with van der Waals surface area (Å²) in [6.07, 6.45) is 5.33. The summed E-state index contributed by atoms with van der Waals surface area (Å²) in [6, 6.07) is 12.4. The number of nitrogens with zero attached hydrogens (tertiary/aromatic N) is 3. The van der Waals surface area contributed by atoms with Gasteiger partial charge in [-0.05, 0) is 29.1 Å². The number of aryl methyl sites for hydroxylation is 2. The number of rotatable bonds is 8. The van der Waals surface area contributed by atoms with Gasteiger partial charge < -0.3 is 15.0 Å². The third-order valence-electron chi connectivity index (χ3n) is 5.49. The summed E-state index contributed by atoms with van der Waals surface area (Å²) in [5.41, 5.74) is 8.27. The van der Waals surface area contributed by atoms with E-state index in [9.17, 15) is 13.2 Å². The van der Waals surface area contributed by atoms with Crippen molar-refractivity contribution in [2.75, 3.05) is 25.5 Å². The van der Waals surface area contributed by atoms with Gasteiger partial charge >= 0.3 is 0 Å². The van der Waals surface area contributed by atoms with Crippen molar-refractivity contribution in [3.63, 3.8) is 0 Å². The van der Waals surface area contributed by atoms with Crippen molar-refractivity contribution in [1.29, 1.82) is 0 Å². The van der Waals surface area contributed by atoms with E-state index in [1.807, 2.05) is 25.4 Å². The topological polar surface area (TPSA) is 109 Å². The predicted molar refractivity (Wildman–Crippen MR) is 129 cm³/mol. The minimum absolute atomic E-state index is 0.0625. The Balaban J connectivity index is 1.90. The highest BCUT2D eigenvalue weighted by Crippen LogP contribution is 2.34. The van der Waals surface area contributed by atoms with Crippen LogP contribution in [0.3, 0.4) is 0 Å². The van der Waals surface area contributed by atoms with Gasteiger partial charge in [-0.2, -0.15) is 5.10 Å². The Hall–Kier alpha value is -3.27. The summed E-state index contributed by atoms with van der Waals surface area (Å²) in [4.78, 5) is 13.1. The van der Waals surface area contributed by atoms with Crippen molar-refractivity contribution in [1.82, 2.24) is 14.3 Å². The minimum Gasteiger partial charge on any atom is -0.379 e. The molecule has 0 aliphatic carbocycles. The third-order valence-corrected chi connectivity index (χ3v) is 7.22. The van der Waals surface area contributed by atoms with Gasteiger partial charge in [0.15, 0.2) is 9.84 Å². The molecule has 0 aliphatic heterocycles. The van der Waals surface area contributed by atoms with E-state index in [0.29, 0.717) is 35.1 Å². The van der Waals surface area contributed by atoms with Gasteiger partial charge in [-0.1, -0.05) is 24.3 Å². The molecule has 0 spiro atoms. The fraction of sp³-hybridized carbons (Fsp3) is 0.250. The van der Waals surface area contributed by atoms with Crippen LogP contribution >= 0.6 is 0 Å².